The fourth-order valence-electron chi connectivity index (χ4n) is 4.43. The maximum absolute atomic E-state index is 6.39. The van der Waals surface area contributed by atoms with Gasteiger partial charge in [-0.25, -0.2) is 4.98 Å². The van der Waals surface area contributed by atoms with Crippen LogP contribution in [0, 0.1) is 0 Å². The van der Waals surface area contributed by atoms with Crippen LogP contribution in [0.15, 0.2) is 73.1 Å². The van der Waals surface area contributed by atoms with E-state index in [1.807, 2.05) is 29.9 Å². The fourth-order valence-corrected chi connectivity index (χ4v) is 4.84. The second-order valence-electron chi connectivity index (χ2n) is 7.19. The van der Waals surface area contributed by atoms with Gasteiger partial charge in [0, 0.05) is 33.1 Å². The maximum atomic E-state index is 6.39. The molecule has 0 bridgehead atoms. The molecule has 3 aromatic rings. The summed E-state index contributed by atoms with van der Waals surface area (Å²) >= 11 is 5.90. The van der Waals surface area contributed by atoms with Crippen molar-refractivity contribution in [3.05, 3.63) is 90.0 Å². The van der Waals surface area contributed by atoms with Crippen LogP contribution >= 0.6 is 12.2 Å². The molecule has 1 unspecified atom stereocenters. The number of aryl methyl sites for hydroxylation is 1. The van der Waals surface area contributed by atoms with Gasteiger partial charge in [-0.15, -0.1) is 0 Å². The molecule has 0 saturated carbocycles. The summed E-state index contributed by atoms with van der Waals surface area (Å²) in [6.07, 6.45) is 5.80. The Morgan fingerprint density at radius 3 is 2.18 bits per heavy atom. The number of ether oxygens (including phenoxy) is 1. The number of hydrogen-bond donors (Lipinski definition) is 0. The smallest absolute Gasteiger partial charge is 0.167 e. The Kier molecular flexibility index (Phi) is 5.29. The predicted octanol–water partition coefficient (Wildman–Crippen LogP) is 4.15. The lowest BCUT2D eigenvalue weighted by molar-refractivity contribution is -0.0265. The second kappa shape index (κ2) is 7.86. The van der Waals surface area contributed by atoms with Crippen LogP contribution in [0.5, 0.6) is 0 Å². The van der Waals surface area contributed by atoms with Crippen LogP contribution in [-0.2, 0) is 17.4 Å². The minimum Gasteiger partial charge on any atom is -0.367 e. The molecule has 0 radical (unpaired) electrons. The van der Waals surface area contributed by atoms with Crippen LogP contribution in [-0.4, -0.2) is 39.1 Å². The molecule has 4 rings (SSSR count). The van der Waals surface area contributed by atoms with E-state index >= 15 is 0 Å². The second-order valence-corrected chi connectivity index (χ2v) is 7.58. The third-order valence-corrected chi connectivity index (χ3v) is 6.14. The molecule has 144 valence electrons. The van der Waals surface area contributed by atoms with Crippen molar-refractivity contribution in [2.24, 2.45) is 7.05 Å². The zero-order valence-corrected chi connectivity index (χ0v) is 17.1. The first-order chi connectivity index (χ1) is 13.7. The van der Waals surface area contributed by atoms with Gasteiger partial charge in [-0.1, -0.05) is 72.9 Å². The fraction of sp³-hybridized carbons (Fsp3) is 0.304. The largest absolute Gasteiger partial charge is 0.367 e. The number of benzene rings is 2. The van der Waals surface area contributed by atoms with Crippen molar-refractivity contribution in [2.45, 2.75) is 24.5 Å². The molecule has 1 aliphatic rings. The summed E-state index contributed by atoms with van der Waals surface area (Å²) in [5, 5.41) is 0. The number of thiocarbonyl (C=S) groups is 1. The van der Waals surface area contributed by atoms with Crippen molar-refractivity contribution < 1.29 is 4.74 Å². The number of methoxy groups -OCH3 is 1. The van der Waals surface area contributed by atoms with Crippen LogP contribution in [0.25, 0.3) is 0 Å². The van der Waals surface area contributed by atoms with Gasteiger partial charge in [-0.3, -0.25) is 0 Å². The molecule has 1 fully saturated rings. The molecule has 0 aliphatic carbocycles. The molecule has 5 heteroatoms. The molecule has 2 aromatic carbocycles. The minimum absolute atomic E-state index is 0.0894. The molecule has 2 heterocycles. The number of imidazole rings is 1. The van der Waals surface area contributed by atoms with Gasteiger partial charge in [-0.05, 0) is 24.0 Å². The van der Waals surface area contributed by atoms with Crippen molar-refractivity contribution in [3.8, 4) is 0 Å². The molecule has 28 heavy (non-hydrogen) atoms. The normalized spacial score (nSPS) is 17.1. The van der Waals surface area contributed by atoms with Crippen molar-refractivity contribution in [1.29, 1.82) is 0 Å². The van der Waals surface area contributed by atoms with Gasteiger partial charge in [0.1, 0.15) is 10.6 Å². The zero-order valence-electron chi connectivity index (χ0n) is 16.3. The van der Waals surface area contributed by atoms with Crippen molar-refractivity contribution >= 4 is 17.2 Å². The summed E-state index contributed by atoms with van der Waals surface area (Å²) in [5.41, 5.74) is 1.68. The highest BCUT2D eigenvalue weighted by atomic mass is 32.1. The Bertz CT molecular complexity index is 899. The molecule has 0 amide bonds. The molecule has 4 nitrogen and oxygen atoms in total. The van der Waals surface area contributed by atoms with Crippen LogP contribution in [0.1, 0.15) is 29.8 Å². The van der Waals surface area contributed by atoms with E-state index in [1.165, 1.54) is 0 Å². The van der Waals surface area contributed by atoms with Gasteiger partial charge >= 0.3 is 0 Å². The van der Waals surface area contributed by atoms with Gasteiger partial charge in [0.2, 0.25) is 0 Å². The molecule has 1 aliphatic heterocycles. The van der Waals surface area contributed by atoms with Crippen LogP contribution in [0.4, 0.5) is 0 Å². The monoisotopic (exact) mass is 391 g/mol. The van der Waals surface area contributed by atoms with E-state index in [1.54, 1.807) is 13.3 Å². The van der Waals surface area contributed by atoms with Crippen LogP contribution in [0.3, 0.4) is 0 Å². The van der Waals surface area contributed by atoms with Gasteiger partial charge in [0.15, 0.2) is 5.82 Å². The van der Waals surface area contributed by atoms with E-state index in [0.717, 1.165) is 41.3 Å². The molecule has 0 N–H and O–H groups in total. The first-order valence-corrected chi connectivity index (χ1v) is 10.0. The lowest BCUT2D eigenvalue weighted by Gasteiger charge is -2.43. The van der Waals surface area contributed by atoms with Gasteiger partial charge < -0.3 is 14.2 Å². The van der Waals surface area contributed by atoms with Crippen LogP contribution < -0.4 is 0 Å². The Morgan fingerprint density at radius 2 is 1.68 bits per heavy atom. The Balaban J connectivity index is 1.84. The number of rotatable bonds is 5. The average Bonchev–Trinajstić information content (AvgIpc) is 3.40. The quantitative estimate of drug-likeness (QED) is 0.611. The van der Waals surface area contributed by atoms with Crippen molar-refractivity contribution in [3.63, 3.8) is 0 Å². The summed E-state index contributed by atoms with van der Waals surface area (Å²) in [6.45, 7) is 0.904. The third kappa shape index (κ3) is 3.05. The topological polar surface area (TPSA) is 30.3 Å². The van der Waals surface area contributed by atoms with E-state index in [-0.39, 0.29) is 6.04 Å². The first kappa shape index (κ1) is 18.8. The number of likely N-dealkylation sites (tertiary alicyclic amines) is 1. The SMILES string of the molecule is COC(c1ccccc1)(c1ccccc1)C1CCCN1C(=S)c1nccn1C. The van der Waals surface area contributed by atoms with Gasteiger partial charge in [0.25, 0.3) is 0 Å². The summed E-state index contributed by atoms with van der Waals surface area (Å²) in [6, 6.07) is 21.1. The maximum Gasteiger partial charge on any atom is 0.167 e. The number of hydrogen-bond acceptors (Lipinski definition) is 3. The zero-order chi connectivity index (χ0) is 19.6. The van der Waals surface area contributed by atoms with Gasteiger partial charge in [-0.2, -0.15) is 0 Å². The van der Waals surface area contributed by atoms with E-state index in [4.69, 9.17) is 17.0 Å². The van der Waals surface area contributed by atoms with Crippen molar-refractivity contribution in [2.75, 3.05) is 13.7 Å². The van der Waals surface area contributed by atoms with E-state index < -0.39 is 5.60 Å². The highest BCUT2D eigenvalue weighted by Gasteiger charge is 2.48. The molecule has 1 saturated heterocycles. The van der Waals surface area contributed by atoms with E-state index in [0.29, 0.717) is 0 Å². The summed E-state index contributed by atoms with van der Waals surface area (Å²) in [5.74, 6) is 0.827. The van der Waals surface area contributed by atoms with E-state index in [2.05, 4.69) is 58.4 Å². The van der Waals surface area contributed by atoms with Crippen molar-refractivity contribution in [1.82, 2.24) is 14.5 Å². The Hall–Kier alpha value is -2.50. The average molecular weight is 392 g/mol. The number of nitrogens with zero attached hydrogens (tertiary/aromatic N) is 3. The standard InChI is InChI=1S/C23H25N3OS/c1-25-17-15-24-21(25)22(28)26-16-9-14-20(26)23(27-2,18-10-5-3-6-11-18)19-12-7-4-8-13-19/h3-8,10-13,15,17,20H,9,14,16H2,1-2H3. The minimum atomic E-state index is -0.603. The Labute approximate surface area is 171 Å². The first-order valence-electron chi connectivity index (χ1n) is 9.63. The molecular formula is C23H25N3OS. The lowest BCUT2D eigenvalue weighted by atomic mass is 9.78. The summed E-state index contributed by atoms with van der Waals surface area (Å²) in [4.78, 5) is 7.57. The molecule has 1 atom stereocenters. The molecule has 0 spiro atoms. The van der Waals surface area contributed by atoms with Crippen LogP contribution in [0.2, 0.25) is 0 Å². The van der Waals surface area contributed by atoms with Gasteiger partial charge in [0.05, 0.1) is 6.04 Å². The predicted molar refractivity (Wildman–Crippen MR) is 115 cm³/mol. The lowest BCUT2D eigenvalue weighted by Crippen LogP contribution is -2.51. The highest BCUT2D eigenvalue weighted by molar-refractivity contribution is 7.80. The van der Waals surface area contributed by atoms with E-state index in [9.17, 15) is 0 Å². The summed E-state index contributed by atoms with van der Waals surface area (Å²) in [7, 11) is 3.79. The molecule has 1 aromatic heterocycles. The highest BCUT2D eigenvalue weighted by Crippen LogP contribution is 2.43. The Morgan fingerprint density at radius 1 is 1.07 bits per heavy atom. The molecular weight excluding hydrogens is 366 g/mol. The summed E-state index contributed by atoms with van der Waals surface area (Å²) < 4.78 is 8.38. The number of aromatic nitrogens is 2. The third-order valence-electron chi connectivity index (χ3n) is 5.72.